The highest BCUT2D eigenvalue weighted by molar-refractivity contribution is 5.76. The Hall–Kier alpha value is -2.30. The van der Waals surface area contributed by atoms with E-state index in [1.54, 1.807) is 24.3 Å². The molecule has 0 unspecified atom stereocenters. The Kier molecular flexibility index (Phi) is 4.98. The van der Waals surface area contributed by atoms with Gasteiger partial charge in [0.2, 0.25) is 5.91 Å². The van der Waals surface area contributed by atoms with Gasteiger partial charge >= 0.3 is 0 Å². The predicted octanol–water partition coefficient (Wildman–Crippen LogP) is 2.07. The van der Waals surface area contributed by atoms with Gasteiger partial charge in [0.1, 0.15) is 5.82 Å². The van der Waals surface area contributed by atoms with E-state index in [4.69, 9.17) is 0 Å². The number of imidazole rings is 1. The van der Waals surface area contributed by atoms with E-state index in [1.807, 2.05) is 14.1 Å². The van der Waals surface area contributed by atoms with Crippen LogP contribution in [0.4, 0.5) is 5.69 Å². The molecule has 0 bridgehead atoms. The van der Waals surface area contributed by atoms with Crippen molar-refractivity contribution < 1.29 is 4.79 Å². The number of hydrogen-bond donors (Lipinski definition) is 1. The molecule has 1 aromatic heterocycles. The van der Waals surface area contributed by atoms with Crippen LogP contribution in [-0.4, -0.2) is 41.9 Å². The summed E-state index contributed by atoms with van der Waals surface area (Å²) < 4.78 is 0. The fraction of sp³-hybridized carbons (Fsp3) is 0.375. The van der Waals surface area contributed by atoms with Crippen molar-refractivity contribution in [2.75, 3.05) is 26.0 Å². The fourth-order valence-corrected chi connectivity index (χ4v) is 2.10. The third-order valence-electron chi connectivity index (χ3n) is 3.45. The van der Waals surface area contributed by atoms with Gasteiger partial charge in [-0.25, -0.2) is 4.98 Å². The second kappa shape index (κ2) is 6.92. The summed E-state index contributed by atoms with van der Waals surface area (Å²) in [7, 11) is 5.84. The molecule has 1 aromatic carbocycles. The molecule has 0 fully saturated rings. The van der Waals surface area contributed by atoms with Crippen molar-refractivity contribution in [2.24, 2.45) is 0 Å². The quantitative estimate of drug-likeness (QED) is 0.884. The number of hydrogen-bond acceptors (Lipinski definition) is 3. The summed E-state index contributed by atoms with van der Waals surface area (Å²) in [6.07, 6.45) is 4.73. The third-order valence-corrected chi connectivity index (χ3v) is 3.45. The minimum Gasteiger partial charge on any atom is -0.378 e. The molecule has 0 saturated carbocycles. The van der Waals surface area contributed by atoms with Crippen LogP contribution in [0, 0.1) is 0 Å². The van der Waals surface area contributed by atoms with Crippen molar-refractivity contribution in [3.8, 4) is 0 Å². The summed E-state index contributed by atoms with van der Waals surface area (Å²) in [5.74, 6) is 0.935. The molecule has 2 rings (SSSR count). The van der Waals surface area contributed by atoms with Crippen LogP contribution in [0.25, 0.3) is 0 Å². The van der Waals surface area contributed by atoms with Crippen LogP contribution < -0.4 is 4.90 Å². The molecule has 21 heavy (non-hydrogen) atoms. The zero-order valence-corrected chi connectivity index (χ0v) is 12.8. The van der Waals surface area contributed by atoms with Gasteiger partial charge in [-0.1, -0.05) is 12.1 Å². The second-order valence-electron chi connectivity index (χ2n) is 5.35. The van der Waals surface area contributed by atoms with Crippen molar-refractivity contribution in [3.63, 3.8) is 0 Å². The van der Waals surface area contributed by atoms with Gasteiger partial charge < -0.3 is 14.8 Å². The van der Waals surface area contributed by atoms with E-state index in [0.717, 1.165) is 12.2 Å². The zero-order chi connectivity index (χ0) is 15.2. The molecule has 5 heteroatoms. The Morgan fingerprint density at radius 1 is 1.19 bits per heavy atom. The number of amides is 1. The number of carbonyl (C=O) groups excluding carboxylic acids is 1. The summed E-state index contributed by atoms with van der Waals surface area (Å²) in [6, 6.07) is 8.31. The average molecular weight is 286 g/mol. The lowest BCUT2D eigenvalue weighted by molar-refractivity contribution is -0.130. The summed E-state index contributed by atoms with van der Waals surface area (Å²) in [4.78, 5) is 23.0. The van der Waals surface area contributed by atoms with Crippen molar-refractivity contribution in [2.45, 2.75) is 19.4 Å². The van der Waals surface area contributed by atoms with E-state index < -0.39 is 0 Å². The number of nitrogens with one attached hydrogen (secondary N) is 1. The van der Waals surface area contributed by atoms with E-state index >= 15 is 0 Å². The number of rotatable bonds is 6. The van der Waals surface area contributed by atoms with Crippen LogP contribution in [0.1, 0.15) is 17.8 Å². The average Bonchev–Trinajstić information content (AvgIpc) is 2.98. The van der Waals surface area contributed by atoms with Gasteiger partial charge in [-0.15, -0.1) is 0 Å². The molecule has 0 aliphatic rings. The lowest BCUT2D eigenvalue weighted by atomic mass is 10.1. The van der Waals surface area contributed by atoms with Gasteiger partial charge in [-0.2, -0.15) is 0 Å². The predicted molar refractivity (Wildman–Crippen MR) is 84.2 cm³/mol. The fourth-order valence-electron chi connectivity index (χ4n) is 2.10. The molecule has 1 heterocycles. The maximum Gasteiger partial charge on any atom is 0.223 e. The van der Waals surface area contributed by atoms with E-state index in [1.165, 1.54) is 11.3 Å². The van der Waals surface area contributed by atoms with Crippen molar-refractivity contribution >= 4 is 11.6 Å². The Labute approximate surface area is 125 Å². The van der Waals surface area contributed by atoms with Gasteiger partial charge in [0.05, 0.1) is 6.54 Å². The first-order chi connectivity index (χ1) is 10.1. The molecular weight excluding hydrogens is 264 g/mol. The topological polar surface area (TPSA) is 52.2 Å². The van der Waals surface area contributed by atoms with Crippen LogP contribution in [0.3, 0.4) is 0 Å². The monoisotopic (exact) mass is 286 g/mol. The van der Waals surface area contributed by atoms with E-state index in [2.05, 4.69) is 39.1 Å². The zero-order valence-electron chi connectivity index (χ0n) is 12.8. The molecule has 0 spiro atoms. The van der Waals surface area contributed by atoms with Gasteiger partial charge in [0.15, 0.2) is 0 Å². The first-order valence-corrected chi connectivity index (χ1v) is 7.05. The summed E-state index contributed by atoms with van der Waals surface area (Å²) >= 11 is 0. The smallest absolute Gasteiger partial charge is 0.223 e. The molecule has 5 nitrogen and oxygen atoms in total. The van der Waals surface area contributed by atoms with Crippen molar-refractivity contribution in [1.29, 1.82) is 0 Å². The summed E-state index contributed by atoms with van der Waals surface area (Å²) in [5, 5.41) is 0. The van der Waals surface area contributed by atoms with E-state index in [0.29, 0.717) is 13.0 Å². The first kappa shape index (κ1) is 15.1. The van der Waals surface area contributed by atoms with Gasteiger partial charge in [0.25, 0.3) is 0 Å². The summed E-state index contributed by atoms with van der Waals surface area (Å²) in [5.41, 5.74) is 2.35. The Balaban J connectivity index is 1.83. The van der Waals surface area contributed by atoms with Crippen molar-refractivity contribution in [1.82, 2.24) is 14.9 Å². The van der Waals surface area contributed by atoms with Crippen LogP contribution in [0.2, 0.25) is 0 Å². The molecule has 0 radical (unpaired) electrons. The number of benzene rings is 1. The number of anilines is 1. The Morgan fingerprint density at radius 3 is 2.48 bits per heavy atom. The largest absolute Gasteiger partial charge is 0.378 e. The second-order valence-corrected chi connectivity index (χ2v) is 5.35. The lowest BCUT2D eigenvalue weighted by Crippen LogP contribution is -2.26. The first-order valence-electron chi connectivity index (χ1n) is 7.05. The number of nitrogens with zero attached hydrogens (tertiary/aromatic N) is 3. The maximum atomic E-state index is 12.1. The van der Waals surface area contributed by atoms with Crippen molar-refractivity contribution in [3.05, 3.63) is 48.0 Å². The standard InChI is InChI=1S/C16H22N4O/c1-19(2)14-7-4-13(5-8-14)6-9-16(21)20(3)12-15-17-10-11-18-15/h4-5,7-8,10-11H,6,9,12H2,1-3H3,(H,17,18). The maximum absolute atomic E-state index is 12.1. The molecule has 1 N–H and O–H groups in total. The molecule has 0 aliphatic carbocycles. The highest BCUT2D eigenvalue weighted by Crippen LogP contribution is 2.13. The minimum absolute atomic E-state index is 0.128. The Bertz CT molecular complexity index is 560. The van der Waals surface area contributed by atoms with E-state index in [-0.39, 0.29) is 5.91 Å². The number of H-pyrrole nitrogens is 1. The van der Waals surface area contributed by atoms with Gasteiger partial charge in [0, 0.05) is 45.6 Å². The lowest BCUT2D eigenvalue weighted by Gasteiger charge is -2.16. The highest BCUT2D eigenvalue weighted by atomic mass is 16.2. The SMILES string of the molecule is CN(Cc1ncc[nH]1)C(=O)CCc1ccc(N(C)C)cc1. The number of aromatic nitrogens is 2. The number of aromatic amines is 1. The van der Waals surface area contributed by atoms with Gasteiger partial charge in [-0.05, 0) is 24.1 Å². The molecule has 2 aromatic rings. The van der Waals surface area contributed by atoms with Crippen LogP contribution >= 0.6 is 0 Å². The van der Waals surface area contributed by atoms with Crippen LogP contribution in [-0.2, 0) is 17.8 Å². The third kappa shape index (κ3) is 4.34. The molecular formula is C16H22N4O. The normalized spacial score (nSPS) is 10.4. The van der Waals surface area contributed by atoms with Gasteiger partial charge in [-0.3, -0.25) is 4.79 Å². The van der Waals surface area contributed by atoms with E-state index in [9.17, 15) is 4.79 Å². The molecule has 0 saturated heterocycles. The number of aryl methyl sites for hydroxylation is 1. The molecule has 112 valence electrons. The molecule has 0 atom stereocenters. The highest BCUT2D eigenvalue weighted by Gasteiger charge is 2.10. The van der Waals surface area contributed by atoms with Crippen LogP contribution in [0.5, 0.6) is 0 Å². The molecule has 0 aliphatic heterocycles. The number of carbonyl (C=O) groups is 1. The van der Waals surface area contributed by atoms with Crippen LogP contribution in [0.15, 0.2) is 36.7 Å². The minimum atomic E-state index is 0.128. The summed E-state index contributed by atoms with van der Waals surface area (Å²) in [6.45, 7) is 0.519. The molecule has 1 amide bonds. The Morgan fingerprint density at radius 2 is 1.90 bits per heavy atom.